The first-order valence-corrected chi connectivity index (χ1v) is 7.75. The summed E-state index contributed by atoms with van der Waals surface area (Å²) >= 11 is 0. The number of unbranched alkanes of at least 4 members (excludes halogenated alkanes) is 1. The maximum Gasteiger partial charge on any atom is 0.338 e. The molecule has 0 bridgehead atoms. The van der Waals surface area contributed by atoms with Crippen LogP contribution in [-0.2, 0) is 4.74 Å². The average Bonchev–Trinajstić information content (AvgIpc) is 2.98. The van der Waals surface area contributed by atoms with Crippen molar-refractivity contribution in [3.8, 4) is 0 Å². The molecule has 0 aromatic heterocycles. The van der Waals surface area contributed by atoms with Crippen LogP contribution in [0.4, 0.5) is 5.69 Å². The molecular weight excluding hydrogens is 290 g/mol. The highest BCUT2D eigenvalue weighted by Crippen LogP contribution is 2.20. The van der Waals surface area contributed by atoms with Crippen LogP contribution in [0.15, 0.2) is 52.4 Å². The minimum Gasteiger partial charge on any atom is -0.462 e. The molecule has 0 aliphatic carbocycles. The van der Waals surface area contributed by atoms with E-state index in [9.17, 15) is 4.79 Å². The number of nitrogen functional groups attached to an aromatic ring is 1. The van der Waals surface area contributed by atoms with Crippen molar-refractivity contribution in [2.75, 3.05) is 12.3 Å². The highest BCUT2D eigenvalue weighted by Gasteiger charge is 2.14. The van der Waals surface area contributed by atoms with Crippen LogP contribution in [0.2, 0.25) is 0 Å². The number of nitrogens with two attached hydrogens (primary N) is 1. The van der Waals surface area contributed by atoms with Gasteiger partial charge in [0.1, 0.15) is 0 Å². The topological polar surface area (TPSA) is 77.0 Å². The summed E-state index contributed by atoms with van der Waals surface area (Å²) < 4.78 is 5.20. The van der Waals surface area contributed by atoms with E-state index in [1.54, 1.807) is 12.1 Å². The third-order valence-electron chi connectivity index (χ3n) is 3.70. The number of hydrogen-bond donors (Lipinski definition) is 1. The van der Waals surface area contributed by atoms with E-state index >= 15 is 0 Å². The summed E-state index contributed by atoms with van der Waals surface area (Å²) in [5.41, 5.74) is 7.92. The van der Waals surface area contributed by atoms with E-state index in [1.165, 1.54) is 0 Å². The molecule has 23 heavy (non-hydrogen) atoms. The van der Waals surface area contributed by atoms with Gasteiger partial charge in [0.05, 0.1) is 22.9 Å². The fraction of sp³-hybridized carbons (Fsp3) is 0.278. The molecule has 1 aliphatic heterocycles. The van der Waals surface area contributed by atoms with Crippen LogP contribution < -0.4 is 16.4 Å². The predicted molar refractivity (Wildman–Crippen MR) is 87.5 cm³/mol. The Morgan fingerprint density at radius 1 is 1.13 bits per heavy atom. The number of rotatable bonds is 5. The van der Waals surface area contributed by atoms with Crippen molar-refractivity contribution in [3.05, 3.63) is 64.3 Å². The van der Waals surface area contributed by atoms with Crippen molar-refractivity contribution >= 4 is 11.7 Å². The number of nitrogens with zero attached hydrogens (tertiary/aromatic N) is 2. The number of carbonyl (C=O) groups is 1. The van der Waals surface area contributed by atoms with E-state index in [1.807, 2.05) is 30.3 Å². The number of hydrogen-bond acceptors (Lipinski definition) is 5. The summed E-state index contributed by atoms with van der Waals surface area (Å²) in [6, 6.07) is 12.7. The average molecular weight is 309 g/mol. The van der Waals surface area contributed by atoms with E-state index in [4.69, 9.17) is 10.5 Å². The summed E-state index contributed by atoms with van der Waals surface area (Å²) in [5.74, 6) is -0.290. The summed E-state index contributed by atoms with van der Waals surface area (Å²) in [6.07, 6.45) is 1.60. The van der Waals surface area contributed by atoms with E-state index in [2.05, 4.69) is 16.9 Å². The van der Waals surface area contributed by atoms with Crippen molar-refractivity contribution in [2.24, 2.45) is 9.98 Å². The molecule has 5 nitrogen and oxygen atoms in total. The Morgan fingerprint density at radius 2 is 1.87 bits per heavy atom. The maximum absolute atomic E-state index is 11.9. The van der Waals surface area contributed by atoms with Crippen LogP contribution in [0, 0.1) is 0 Å². The smallest absolute Gasteiger partial charge is 0.338 e. The van der Waals surface area contributed by atoms with Gasteiger partial charge in [0.25, 0.3) is 0 Å². The molecule has 0 saturated carbocycles. The minimum absolute atomic E-state index is 0.281. The highest BCUT2D eigenvalue weighted by molar-refractivity contribution is 5.89. The molecule has 2 aromatic carbocycles. The molecule has 5 heteroatoms. The first-order chi connectivity index (χ1) is 11.2. The van der Waals surface area contributed by atoms with E-state index in [0.717, 1.165) is 29.1 Å². The second-order valence-electron chi connectivity index (χ2n) is 5.49. The van der Waals surface area contributed by atoms with E-state index < -0.39 is 0 Å². The normalized spacial score (nSPS) is 15.4. The lowest BCUT2D eigenvalue weighted by atomic mass is 10.1. The summed E-state index contributed by atoms with van der Waals surface area (Å²) in [5, 5.41) is 1.64. The van der Waals surface area contributed by atoms with Crippen molar-refractivity contribution in [1.29, 1.82) is 0 Å². The Labute approximate surface area is 134 Å². The molecule has 1 atom stereocenters. The molecule has 0 amide bonds. The standard InChI is InChI=1S/C18H19N3O2/c1-2-3-10-23-18(22)13-6-4-12(5-7-13)17-20-15-9-8-14(19)11-16(15)21-17/h4-9,11,17H,2-3,10,19H2,1H3/t17-/m0/s1. The summed E-state index contributed by atoms with van der Waals surface area (Å²) in [4.78, 5) is 21.0. The zero-order chi connectivity index (χ0) is 16.2. The van der Waals surface area contributed by atoms with E-state index in [0.29, 0.717) is 17.9 Å². The molecule has 0 spiro atoms. The molecule has 1 aliphatic rings. The second-order valence-corrected chi connectivity index (χ2v) is 5.49. The number of fused-ring (bicyclic) bond motifs is 1. The van der Waals surface area contributed by atoms with Gasteiger partial charge in [-0.25, -0.2) is 4.79 Å². The first-order valence-electron chi connectivity index (χ1n) is 7.75. The number of benzene rings is 2. The van der Waals surface area contributed by atoms with Crippen LogP contribution in [0.3, 0.4) is 0 Å². The van der Waals surface area contributed by atoms with E-state index in [-0.39, 0.29) is 12.1 Å². The highest BCUT2D eigenvalue weighted by atomic mass is 16.5. The Bertz CT molecular complexity index is 828. The molecule has 3 rings (SSSR count). The molecule has 2 N–H and O–H groups in total. The Hall–Kier alpha value is -2.69. The Kier molecular flexibility index (Phi) is 4.37. The maximum atomic E-state index is 11.9. The van der Waals surface area contributed by atoms with Gasteiger partial charge < -0.3 is 10.5 Å². The van der Waals surface area contributed by atoms with Crippen molar-refractivity contribution in [2.45, 2.75) is 25.9 Å². The van der Waals surface area contributed by atoms with Crippen LogP contribution in [0.1, 0.15) is 41.9 Å². The molecule has 0 unspecified atom stereocenters. The SMILES string of the molecule is CCCCOC(=O)c1ccc([C@H]2N=c3ccc(N)cc3=N2)cc1. The monoisotopic (exact) mass is 309 g/mol. The second kappa shape index (κ2) is 6.60. The summed E-state index contributed by atoms with van der Waals surface area (Å²) in [7, 11) is 0. The fourth-order valence-electron chi connectivity index (χ4n) is 2.38. The molecule has 118 valence electrons. The third kappa shape index (κ3) is 3.39. The van der Waals surface area contributed by atoms with Gasteiger partial charge in [0.15, 0.2) is 6.17 Å². The lowest BCUT2D eigenvalue weighted by Gasteiger charge is -2.07. The van der Waals surface area contributed by atoms with Crippen molar-refractivity contribution in [1.82, 2.24) is 0 Å². The largest absolute Gasteiger partial charge is 0.462 e. The van der Waals surface area contributed by atoms with Gasteiger partial charge in [-0.2, -0.15) is 0 Å². The first kappa shape index (κ1) is 15.2. The molecule has 0 saturated heterocycles. The van der Waals surface area contributed by atoms with Crippen LogP contribution in [0.5, 0.6) is 0 Å². The van der Waals surface area contributed by atoms with Gasteiger partial charge in [-0.1, -0.05) is 25.5 Å². The van der Waals surface area contributed by atoms with Crippen molar-refractivity contribution < 1.29 is 9.53 Å². The quantitative estimate of drug-likeness (QED) is 0.522. The van der Waals surface area contributed by atoms with Crippen molar-refractivity contribution in [3.63, 3.8) is 0 Å². The Morgan fingerprint density at radius 3 is 2.61 bits per heavy atom. The zero-order valence-electron chi connectivity index (χ0n) is 13.0. The number of carbonyl (C=O) groups excluding carboxylic acids is 1. The molecular formula is C18H19N3O2. The molecule has 1 heterocycles. The minimum atomic E-state index is -0.290. The zero-order valence-corrected chi connectivity index (χ0v) is 13.0. The summed E-state index contributed by atoms with van der Waals surface area (Å²) in [6.45, 7) is 2.52. The molecule has 0 radical (unpaired) electrons. The van der Waals surface area contributed by atoms with Crippen LogP contribution in [-0.4, -0.2) is 12.6 Å². The van der Waals surface area contributed by atoms with Crippen LogP contribution in [0.25, 0.3) is 0 Å². The lowest BCUT2D eigenvalue weighted by Crippen LogP contribution is -2.21. The van der Waals surface area contributed by atoms with Gasteiger partial charge in [0, 0.05) is 5.69 Å². The fourth-order valence-corrected chi connectivity index (χ4v) is 2.38. The third-order valence-corrected chi connectivity index (χ3v) is 3.70. The Balaban J connectivity index is 1.75. The number of ether oxygens (including phenoxy) is 1. The number of anilines is 1. The lowest BCUT2D eigenvalue weighted by molar-refractivity contribution is 0.0499. The molecule has 0 fully saturated rings. The van der Waals surface area contributed by atoms with Crippen LogP contribution >= 0.6 is 0 Å². The molecule has 2 aromatic rings. The van der Waals surface area contributed by atoms with Gasteiger partial charge >= 0.3 is 5.97 Å². The number of esters is 1. The predicted octanol–water partition coefficient (Wildman–Crippen LogP) is 2.18. The van der Waals surface area contributed by atoms with Gasteiger partial charge in [0.2, 0.25) is 0 Å². The van der Waals surface area contributed by atoms with Gasteiger partial charge in [-0.15, -0.1) is 0 Å². The van der Waals surface area contributed by atoms with Gasteiger partial charge in [-0.3, -0.25) is 9.98 Å². The van der Waals surface area contributed by atoms with Gasteiger partial charge in [-0.05, 0) is 42.3 Å².